The van der Waals surface area contributed by atoms with Crippen molar-refractivity contribution < 1.29 is 5.11 Å². The minimum atomic E-state index is -0.0428. The lowest BCUT2D eigenvalue weighted by Gasteiger charge is -2.16. The van der Waals surface area contributed by atoms with Gasteiger partial charge >= 0.3 is 0 Å². The summed E-state index contributed by atoms with van der Waals surface area (Å²) in [5.74, 6) is 0.289. The topological polar surface area (TPSA) is 32.6 Å². The fourth-order valence-corrected chi connectivity index (χ4v) is 1.68. The van der Waals surface area contributed by atoms with Gasteiger partial charge in [0.25, 0.3) is 0 Å². The van der Waals surface area contributed by atoms with Gasteiger partial charge in [-0.2, -0.15) is 0 Å². The molecule has 68 valence electrons. The Hall–Kier alpha value is -1.31. The van der Waals surface area contributed by atoms with Gasteiger partial charge in [-0.3, -0.25) is 4.99 Å². The van der Waals surface area contributed by atoms with Crippen LogP contribution in [0.25, 0.3) is 0 Å². The van der Waals surface area contributed by atoms with Gasteiger partial charge in [0, 0.05) is 11.6 Å². The van der Waals surface area contributed by atoms with Gasteiger partial charge in [-0.05, 0) is 24.1 Å². The largest absolute Gasteiger partial charge is 0.506 e. The van der Waals surface area contributed by atoms with Crippen LogP contribution in [0.5, 0.6) is 5.75 Å². The maximum Gasteiger partial charge on any atom is 0.141 e. The molecule has 2 heteroatoms. The fraction of sp³-hybridized carbons (Fsp3) is 0.364. The van der Waals surface area contributed by atoms with Gasteiger partial charge in [0.1, 0.15) is 11.4 Å². The van der Waals surface area contributed by atoms with Crippen LogP contribution in [0.3, 0.4) is 0 Å². The molecule has 0 aromatic heterocycles. The minimum absolute atomic E-state index is 0.0428. The van der Waals surface area contributed by atoms with Crippen LogP contribution in [0.1, 0.15) is 25.0 Å². The van der Waals surface area contributed by atoms with Crippen LogP contribution in [0.15, 0.2) is 17.1 Å². The van der Waals surface area contributed by atoms with E-state index in [1.54, 1.807) is 6.07 Å². The number of fused-ring (bicyclic) bond motifs is 1. The highest BCUT2D eigenvalue weighted by molar-refractivity contribution is 5.86. The number of aryl methyl sites for hydroxylation is 1. The Bertz CT molecular complexity index is 391. The van der Waals surface area contributed by atoms with Gasteiger partial charge in [0.05, 0.1) is 0 Å². The summed E-state index contributed by atoms with van der Waals surface area (Å²) < 4.78 is 0. The van der Waals surface area contributed by atoms with Crippen molar-refractivity contribution in [2.24, 2.45) is 4.99 Å². The molecule has 1 N–H and O–H groups in total. The first-order valence-electron chi connectivity index (χ1n) is 4.40. The molecule has 2 nitrogen and oxygen atoms in total. The van der Waals surface area contributed by atoms with Crippen molar-refractivity contribution in [2.45, 2.75) is 26.2 Å². The van der Waals surface area contributed by atoms with Crippen LogP contribution in [0, 0.1) is 6.92 Å². The lowest BCUT2D eigenvalue weighted by Crippen LogP contribution is -2.14. The predicted molar refractivity (Wildman–Crippen MR) is 54.0 cm³/mol. The lowest BCUT2D eigenvalue weighted by molar-refractivity contribution is 0.475. The number of rotatable bonds is 0. The highest BCUT2D eigenvalue weighted by Gasteiger charge is 2.28. The second-order valence-electron chi connectivity index (χ2n) is 4.16. The maximum absolute atomic E-state index is 9.63. The molecule has 0 aliphatic carbocycles. The van der Waals surface area contributed by atoms with Crippen molar-refractivity contribution >= 4 is 11.9 Å². The first-order valence-corrected chi connectivity index (χ1v) is 4.40. The Kier molecular flexibility index (Phi) is 1.50. The molecule has 0 unspecified atom stereocenters. The van der Waals surface area contributed by atoms with E-state index >= 15 is 0 Å². The average molecular weight is 175 g/mol. The zero-order valence-electron chi connectivity index (χ0n) is 8.13. The van der Waals surface area contributed by atoms with Gasteiger partial charge in [-0.1, -0.05) is 19.9 Å². The zero-order valence-corrected chi connectivity index (χ0v) is 8.13. The van der Waals surface area contributed by atoms with E-state index in [-0.39, 0.29) is 11.2 Å². The van der Waals surface area contributed by atoms with Crippen LogP contribution < -0.4 is 0 Å². The van der Waals surface area contributed by atoms with E-state index in [1.165, 1.54) is 0 Å². The number of benzene rings is 1. The first kappa shape index (κ1) is 8.30. The summed E-state index contributed by atoms with van der Waals surface area (Å²) in [5, 5.41) is 9.63. The summed E-state index contributed by atoms with van der Waals surface area (Å²) in [6, 6.07) is 3.83. The summed E-state index contributed by atoms with van der Waals surface area (Å²) >= 11 is 0. The molecule has 0 fully saturated rings. The van der Waals surface area contributed by atoms with E-state index in [0.29, 0.717) is 0 Å². The number of phenolic OH excluding ortho intramolecular Hbond substituents is 1. The quantitative estimate of drug-likeness (QED) is 0.646. The third-order valence-corrected chi connectivity index (χ3v) is 2.44. The third kappa shape index (κ3) is 1.13. The number of hydrogen-bond acceptors (Lipinski definition) is 2. The van der Waals surface area contributed by atoms with Crippen molar-refractivity contribution in [3.63, 3.8) is 0 Å². The number of nitrogens with zero attached hydrogens (tertiary/aromatic N) is 1. The summed E-state index contributed by atoms with van der Waals surface area (Å²) in [5.41, 5.74) is 2.88. The van der Waals surface area contributed by atoms with Crippen LogP contribution in [-0.2, 0) is 5.41 Å². The molecule has 0 saturated heterocycles. The van der Waals surface area contributed by atoms with E-state index in [2.05, 4.69) is 24.9 Å². The number of hydrogen-bond donors (Lipinski definition) is 1. The van der Waals surface area contributed by atoms with E-state index in [1.807, 2.05) is 13.1 Å². The first-order chi connectivity index (χ1) is 6.00. The van der Waals surface area contributed by atoms with Gasteiger partial charge in [-0.15, -0.1) is 0 Å². The molecule has 1 heterocycles. The van der Waals surface area contributed by atoms with Crippen LogP contribution >= 0.6 is 0 Å². The molecule has 0 bridgehead atoms. The van der Waals surface area contributed by atoms with E-state index in [9.17, 15) is 5.11 Å². The normalized spacial score (nSPS) is 17.5. The van der Waals surface area contributed by atoms with Crippen molar-refractivity contribution in [3.8, 4) is 5.75 Å². The molecule has 13 heavy (non-hydrogen) atoms. The SMILES string of the molecule is Cc1cc(O)c2c(c1)C(C)(C)C=N2. The molecule has 1 aliphatic heterocycles. The molecule has 0 saturated carbocycles. The van der Waals surface area contributed by atoms with Crippen molar-refractivity contribution in [1.82, 2.24) is 0 Å². The average Bonchev–Trinajstić information content (AvgIpc) is 2.28. The highest BCUT2D eigenvalue weighted by Crippen LogP contribution is 2.42. The third-order valence-electron chi connectivity index (χ3n) is 2.44. The van der Waals surface area contributed by atoms with Crippen molar-refractivity contribution in [2.75, 3.05) is 0 Å². The predicted octanol–water partition coefficient (Wildman–Crippen LogP) is 2.69. The monoisotopic (exact) mass is 175 g/mol. The number of aliphatic imine (C=N–C) groups is 1. The minimum Gasteiger partial charge on any atom is -0.506 e. The second-order valence-corrected chi connectivity index (χ2v) is 4.16. The molecule has 0 radical (unpaired) electrons. The summed E-state index contributed by atoms with van der Waals surface area (Å²) in [6.45, 7) is 6.18. The fourth-order valence-electron chi connectivity index (χ4n) is 1.68. The Morgan fingerprint density at radius 3 is 2.69 bits per heavy atom. The molecular weight excluding hydrogens is 162 g/mol. The summed E-state index contributed by atoms with van der Waals surface area (Å²) in [7, 11) is 0. The molecule has 0 amide bonds. The Morgan fingerprint density at radius 1 is 1.31 bits per heavy atom. The molecule has 1 aromatic rings. The van der Waals surface area contributed by atoms with Crippen LogP contribution in [0.4, 0.5) is 5.69 Å². The number of phenols is 1. The number of aromatic hydroxyl groups is 1. The lowest BCUT2D eigenvalue weighted by atomic mass is 9.86. The van der Waals surface area contributed by atoms with E-state index in [0.717, 1.165) is 16.8 Å². The van der Waals surface area contributed by atoms with Crippen molar-refractivity contribution in [3.05, 3.63) is 23.3 Å². The smallest absolute Gasteiger partial charge is 0.141 e. The second kappa shape index (κ2) is 2.34. The van der Waals surface area contributed by atoms with Gasteiger partial charge in [0.2, 0.25) is 0 Å². The Labute approximate surface area is 77.9 Å². The molecular formula is C11H13NO. The van der Waals surface area contributed by atoms with Crippen molar-refractivity contribution in [1.29, 1.82) is 0 Å². The summed E-state index contributed by atoms with van der Waals surface area (Å²) in [4.78, 5) is 4.22. The standard InChI is InChI=1S/C11H13NO/c1-7-4-8-10(9(13)5-7)12-6-11(8,2)3/h4-6,13H,1-3H3. The molecule has 2 rings (SSSR count). The Morgan fingerprint density at radius 2 is 2.00 bits per heavy atom. The van der Waals surface area contributed by atoms with Gasteiger partial charge < -0.3 is 5.11 Å². The zero-order chi connectivity index (χ0) is 9.64. The van der Waals surface area contributed by atoms with E-state index in [4.69, 9.17) is 0 Å². The highest BCUT2D eigenvalue weighted by atomic mass is 16.3. The van der Waals surface area contributed by atoms with Gasteiger partial charge in [0.15, 0.2) is 0 Å². The molecule has 1 aliphatic rings. The molecule has 0 spiro atoms. The summed E-state index contributed by atoms with van der Waals surface area (Å²) in [6.07, 6.45) is 1.89. The van der Waals surface area contributed by atoms with Gasteiger partial charge in [-0.25, -0.2) is 0 Å². The van der Waals surface area contributed by atoms with E-state index < -0.39 is 0 Å². The maximum atomic E-state index is 9.63. The van der Waals surface area contributed by atoms with Crippen LogP contribution in [-0.4, -0.2) is 11.3 Å². The molecule has 0 atom stereocenters. The van der Waals surface area contributed by atoms with Crippen LogP contribution in [0.2, 0.25) is 0 Å². The molecule has 1 aromatic carbocycles. The Balaban J connectivity index is 2.71.